The first-order valence-electron chi connectivity index (χ1n) is 4.56. The Hall–Kier alpha value is -0.0800. The molecule has 0 aromatic carbocycles. The summed E-state index contributed by atoms with van der Waals surface area (Å²) in [6.45, 7) is 6.23. The zero-order valence-corrected chi connectivity index (χ0v) is 7.25. The first-order valence-corrected chi connectivity index (χ1v) is 4.56. The van der Waals surface area contributed by atoms with E-state index in [2.05, 4.69) is 13.8 Å². The summed E-state index contributed by atoms with van der Waals surface area (Å²) in [5.74, 6) is 1.27. The highest BCUT2D eigenvalue weighted by Crippen LogP contribution is 2.35. The molecule has 0 spiro atoms. The molecule has 0 saturated carbocycles. The van der Waals surface area contributed by atoms with Gasteiger partial charge in [-0.05, 0) is 6.42 Å². The van der Waals surface area contributed by atoms with Gasteiger partial charge in [-0.15, -0.1) is 0 Å². The summed E-state index contributed by atoms with van der Waals surface area (Å²) in [5, 5.41) is 0. The lowest BCUT2D eigenvalue weighted by atomic mass is 9.96. The van der Waals surface area contributed by atoms with Gasteiger partial charge in [0.25, 0.3) is 0 Å². The standard InChI is InChI=1S/C9H16O2/c1-3-7-5-11-8-6(2)4-10-9(7)8/h6-9H,3-5H2,1-2H3/t6-,7-,8?,9?/m1/s1. The van der Waals surface area contributed by atoms with Crippen molar-refractivity contribution in [3.63, 3.8) is 0 Å². The molecular formula is C9H16O2. The predicted molar refractivity (Wildman–Crippen MR) is 42.4 cm³/mol. The molecule has 0 amide bonds. The van der Waals surface area contributed by atoms with Crippen LogP contribution in [0.1, 0.15) is 20.3 Å². The van der Waals surface area contributed by atoms with Gasteiger partial charge in [0.1, 0.15) is 0 Å². The number of hydrogen-bond acceptors (Lipinski definition) is 2. The van der Waals surface area contributed by atoms with Crippen molar-refractivity contribution in [1.82, 2.24) is 0 Å². The summed E-state index contributed by atoms with van der Waals surface area (Å²) in [4.78, 5) is 0. The fourth-order valence-electron chi connectivity index (χ4n) is 2.12. The molecular weight excluding hydrogens is 140 g/mol. The van der Waals surface area contributed by atoms with E-state index in [1.807, 2.05) is 0 Å². The lowest BCUT2D eigenvalue weighted by Crippen LogP contribution is -2.24. The molecule has 0 aromatic rings. The zero-order valence-electron chi connectivity index (χ0n) is 7.25. The van der Waals surface area contributed by atoms with Crippen LogP contribution in [-0.2, 0) is 9.47 Å². The quantitative estimate of drug-likeness (QED) is 0.572. The maximum absolute atomic E-state index is 5.67. The molecule has 2 fully saturated rings. The van der Waals surface area contributed by atoms with Crippen LogP contribution >= 0.6 is 0 Å². The zero-order chi connectivity index (χ0) is 7.84. The number of hydrogen-bond donors (Lipinski definition) is 0. The molecule has 2 aliphatic heterocycles. The molecule has 0 N–H and O–H groups in total. The van der Waals surface area contributed by atoms with Crippen LogP contribution < -0.4 is 0 Å². The van der Waals surface area contributed by atoms with Crippen molar-refractivity contribution in [2.75, 3.05) is 13.2 Å². The Morgan fingerprint density at radius 2 is 1.91 bits per heavy atom. The summed E-state index contributed by atoms with van der Waals surface area (Å²) in [5.41, 5.74) is 0. The average Bonchev–Trinajstić information content (AvgIpc) is 2.53. The molecule has 2 nitrogen and oxygen atoms in total. The molecule has 2 rings (SSSR count). The summed E-state index contributed by atoms with van der Waals surface area (Å²) in [7, 11) is 0. The Kier molecular flexibility index (Phi) is 1.90. The van der Waals surface area contributed by atoms with E-state index in [0.29, 0.717) is 24.0 Å². The van der Waals surface area contributed by atoms with Gasteiger partial charge in [0.15, 0.2) is 0 Å². The molecule has 0 aliphatic carbocycles. The minimum Gasteiger partial charge on any atom is -0.375 e. The molecule has 0 bridgehead atoms. The van der Waals surface area contributed by atoms with Crippen LogP contribution in [0.25, 0.3) is 0 Å². The predicted octanol–water partition coefficient (Wildman–Crippen LogP) is 1.45. The Balaban J connectivity index is 2.04. The lowest BCUT2D eigenvalue weighted by Gasteiger charge is -2.13. The molecule has 2 aliphatic rings. The van der Waals surface area contributed by atoms with E-state index in [0.717, 1.165) is 13.2 Å². The minimum atomic E-state index is 0.403. The van der Waals surface area contributed by atoms with Crippen LogP contribution in [0.4, 0.5) is 0 Å². The van der Waals surface area contributed by atoms with Gasteiger partial charge in [-0.25, -0.2) is 0 Å². The average molecular weight is 156 g/mol. The highest BCUT2D eigenvalue weighted by Gasteiger charge is 2.44. The van der Waals surface area contributed by atoms with Crippen LogP contribution in [-0.4, -0.2) is 25.4 Å². The van der Waals surface area contributed by atoms with E-state index in [9.17, 15) is 0 Å². The second-order valence-electron chi connectivity index (χ2n) is 3.74. The van der Waals surface area contributed by atoms with E-state index in [1.54, 1.807) is 0 Å². The largest absolute Gasteiger partial charge is 0.375 e. The van der Waals surface area contributed by atoms with Crippen LogP contribution in [0.3, 0.4) is 0 Å². The fraction of sp³-hybridized carbons (Fsp3) is 1.00. The van der Waals surface area contributed by atoms with E-state index in [4.69, 9.17) is 9.47 Å². The van der Waals surface area contributed by atoms with Gasteiger partial charge in [-0.1, -0.05) is 13.8 Å². The summed E-state index contributed by atoms with van der Waals surface area (Å²) in [6, 6.07) is 0. The third-order valence-electron chi connectivity index (χ3n) is 2.93. The van der Waals surface area contributed by atoms with Crippen LogP contribution in [0.5, 0.6) is 0 Å². The van der Waals surface area contributed by atoms with Crippen molar-refractivity contribution in [3.05, 3.63) is 0 Å². The molecule has 0 radical (unpaired) electrons. The van der Waals surface area contributed by atoms with Gasteiger partial charge in [0, 0.05) is 11.8 Å². The van der Waals surface area contributed by atoms with Crippen molar-refractivity contribution in [3.8, 4) is 0 Å². The van der Waals surface area contributed by atoms with E-state index >= 15 is 0 Å². The Morgan fingerprint density at radius 3 is 2.64 bits per heavy atom. The lowest BCUT2D eigenvalue weighted by molar-refractivity contribution is 0.0610. The summed E-state index contributed by atoms with van der Waals surface area (Å²) >= 11 is 0. The normalized spacial score (nSPS) is 49.6. The topological polar surface area (TPSA) is 18.5 Å². The van der Waals surface area contributed by atoms with Crippen LogP contribution in [0.2, 0.25) is 0 Å². The SMILES string of the molecule is CC[C@@H]1COC2C1OC[C@H]2C. The molecule has 0 aromatic heterocycles. The molecule has 2 unspecified atom stereocenters. The van der Waals surface area contributed by atoms with E-state index < -0.39 is 0 Å². The molecule has 64 valence electrons. The maximum atomic E-state index is 5.67. The summed E-state index contributed by atoms with van der Waals surface area (Å²) < 4.78 is 11.3. The molecule has 11 heavy (non-hydrogen) atoms. The van der Waals surface area contributed by atoms with Crippen LogP contribution in [0, 0.1) is 11.8 Å². The summed E-state index contributed by atoms with van der Waals surface area (Å²) in [6.07, 6.45) is 2.00. The van der Waals surface area contributed by atoms with Crippen LogP contribution in [0.15, 0.2) is 0 Å². The van der Waals surface area contributed by atoms with Gasteiger partial charge < -0.3 is 9.47 Å². The van der Waals surface area contributed by atoms with Crippen molar-refractivity contribution < 1.29 is 9.47 Å². The van der Waals surface area contributed by atoms with Crippen molar-refractivity contribution in [1.29, 1.82) is 0 Å². The molecule has 2 heterocycles. The third kappa shape index (κ3) is 1.09. The minimum absolute atomic E-state index is 0.403. The smallest absolute Gasteiger partial charge is 0.0890 e. The van der Waals surface area contributed by atoms with Gasteiger partial charge in [0.05, 0.1) is 25.4 Å². The first-order chi connectivity index (χ1) is 5.33. The highest BCUT2D eigenvalue weighted by molar-refractivity contribution is 4.91. The van der Waals surface area contributed by atoms with Gasteiger partial charge in [-0.2, -0.15) is 0 Å². The Labute approximate surface area is 67.9 Å². The highest BCUT2D eigenvalue weighted by atomic mass is 16.6. The fourth-order valence-corrected chi connectivity index (χ4v) is 2.12. The maximum Gasteiger partial charge on any atom is 0.0890 e. The molecule has 4 atom stereocenters. The monoisotopic (exact) mass is 156 g/mol. The second-order valence-corrected chi connectivity index (χ2v) is 3.74. The second kappa shape index (κ2) is 2.76. The first kappa shape index (κ1) is 7.56. The molecule has 2 saturated heterocycles. The van der Waals surface area contributed by atoms with Gasteiger partial charge in [0.2, 0.25) is 0 Å². The number of fused-ring (bicyclic) bond motifs is 1. The third-order valence-corrected chi connectivity index (χ3v) is 2.93. The van der Waals surface area contributed by atoms with E-state index in [-0.39, 0.29) is 0 Å². The van der Waals surface area contributed by atoms with Crippen molar-refractivity contribution in [2.45, 2.75) is 32.5 Å². The van der Waals surface area contributed by atoms with Crippen molar-refractivity contribution in [2.24, 2.45) is 11.8 Å². The number of ether oxygens (including phenoxy) is 2. The number of rotatable bonds is 1. The van der Waals surface area contributed by atoms with E-state index in [1.165, 1.54) is 6.42 Å². The Morgan fingerprint density at radius 1 is 1.18 bits per heavy atom. The Bertz CT molecular complexity index is 146. The van der Waals surface area contributed by atoms with Gasteiger partial charge in [-0.3, -0.25) is 0 Å². The molecule has 2 heteroatoms. The van der Waals surface area contributed by atoms with Gasteiger partial charge >= 0.3 is 0 Å². The van der Waals surface area contributed by atoms with Crippen molar-refractivity contribution >= 4 is 0 Å².